The molecule has 2 N–H and O–H groups in total. The van der Waals surface area contributed by atoms with Crippen LogP contribution in [-0.4, -0.2) is 22.7 Å². The molecule has 0 fully saturated rings. The molecule has 0 aliphatic rings. The minimum Gasteiger partial charge on any atom is -0.480 e. The molecule has 1 unspecified atom stereocenters. The summed E-state index contributed by atoms with van der Waals surface area (Å²) < 4.78 is 0. The summed E-state index contributed by atoms with van der Waals surface area (Å²) in [4.78, 5) is 11.1. The van der Waals surface area contributed by atoms with Crippen LogP contribution in [0.2, 0.25) is 0 Å². The predicted molar refractivity (Wildman–Crippen MR) is 69.8 cm³/mol. The highest BCUT2D eigenvalue weighted by Crippen LogP contribution is 2.06. The number of carboxylic acids is 1. The van der Waals surface area contributed by atoms with E-state index in [1.807, 2.05) is 57.2 Å². The smallest absolute Gasteiger partial charge is 0.324 e. The molecule has 3 nitrogen and oxygen atoms in total. The average molecular weight is 233 g/mol. The summed E-state index contributed by atoms with van der Waals surface area (Å²) in [6.07, 6.45) is 3.49. The van der Waals surface area contributed by atoms with Gasteiger partial charge in [0.15, 0.2) is 0 Å². The van der Waals surface area contributed by atoms with Crippen LogP contribution in [0.3, 0.4) is 0 Å². The molecule has 0 spiro atoms. The van der Waals surface area contributed by atoms with E-state index in [4.69, 9.17) is 5.11 Å². The molecule has 0 aliphatic heterocycles. The number of carboxylic acid groups (broad SMARTS) is 1. The van der Waals surface area contributed by atoms with Crippen molar-refractivity contribution < 1.29 is 9.90 Å². The van der Waals surface area contributed by atoms with Crippen molar-refractivity contribution in [3.8, 4) is 0 Å². The van der Waals surface area contributed by atoms with E-state index in [0.717, 1.165) is 5.56 Å². The monoisotopic (exact) mass is 233 g/mol. The van der Waals surface area contributed by atoms with Crippen LogP contribution in [0.4, 0.5) is 0 Å². The Balaban J connectivity index is 2.74. The molecule has 0 aromatic heterocycles. The first kappa shape index (κ1) is 13.5. The van der Waals surface area contributed by atoms with E-state index in [1.54, 1.807) is 6.08 Å². The number of hydrogen-bond donors (Lipinski definition) is 2. The highest BCUT2D eigenvalue weighted by Gasteiger charge is 2.20. The maximum absolute atomic E-state index is 11.1. The third-order valence-corrected chi connectivity index (χ3v) is 2.14. The molecule has 0 saturated carbocycles. The van der Waals surface area contributed by atoms with Gasteiger partial charge in [0.05, 0.1) is 0 Å². The topological polar surface area (TPSA) is 49.3 Å². The van der Waals surface area contributed by atoms with E-state index in [2.05, 4.69) is 5.32 Å². The van der Waals surface area contributed by atoms with Gasteiger partial charge in [-0.05, 0) is 26.3 Å². The molecular weight excluding hydrogens is 214 g/mol. The number of hydrogen-bond acceptors (Lipinski definition) is 2. The van der Waals surface area contributed by atoms with E-state index < -0.39 is 12.0 Å². The van der Waals surface area contributed by atoms with Crippen LogP contribution in [0.1, 0.15) is 26.3 Å². The average Bonchev–Trinajstić information content (AvgIpc) is 2.24. The predicted octanol–water partition coefficient (Wildman–Crippen LogP) is 2.54. The molecule has 92 valence electrons. The summed E-state index contributed by atoms with van der Waals surface area (Å²) in [6, 6.07) is 8.98. The third kappa shape index (κ3) is 5.31. The molecule has 1 aromatic carbocycles. The van der Waals surface area contributed by atoms with Crippen LogP contribution >= 0.6 is 0 Å². The molecule has 0 radical (unpaired) electrons. The number of carbonyl (C=O) groups is 1. The Morgan fingerprint density at radius 3 is 2.35 bits per heavy atom. The second-order valence-corrected chi connectivity index (χ2v) is 4.98. The fourth-order valence-corrected chi connectivity index (χ4v) is 1.43. The van der Waals surface area contributed by atoms with Crippen molar-refractivity contribution in [2.24, 2.45) is 0 Å². The summed E-state index contributed by atoms with van der Waals surface area (Å²) in [6.45, 7) is 5.83. The lowest BCUT2D eigenvalue weighted by Crippen LogP contribution is -2.46. The molecule has 0 saturated heterocycles. The largest absolute Gasteiger partial charge is 0.480 e. The number of aliphatic carboxylic acids is 1. The lowest BCUT2D eigenvalue weighted by atomic mass is 10.1. The maximum Gasteiger partial charge on any atom is 0.324 e. The van der Waals surface area contributed by atoms with Gasteiger partial charge in [-0.2, -0.15) is 0 Å². The van der Waals surface area contributed by atoms with E-state index >= 15 is 0 Å². The molecule has 0 aliphatic carbocycles. The van der Waals surface area contributed by atoms with Crippen LogP contribution in [0.25, 0.3) is 6.08 Å². The molecule has 1 atom stereocenters. The van der Waals surface area contributed by atoms with E-state index in [-0.39, 0.29) is 5.54 Å². The summed E-state index contributed by atoms with van der Waals surface area (Å²) in [5.74, 6) is -0.868. The first-order chi connectivity index (χ1) is 7.88. The Bertz CT molecular complexity index is 390. The lowest BCUT2D eigenvalue weighted by molar-refractivity contribution is -0.138. The molecule has 1 aromatic rings. The Morgan fingerprint density at radius 2 is 1.88 bits per heavy atom. The van der Waals surface area contributed by atoms with Gasteiger partial charge in [-0.15, -0.1) is 0 Å². The summed E-state index contributed by atoms with van der Waals surface area (Å²) in [5, 5.41) is 12.1. The summed E-state index contributed by atoms with van der Waals surface area (Å²) in [7, 11) is 0. The number of nitrogens with one attached hydrogen (secondary N) is 1. The van der Waals surface area contributed by atoms with Gasteiger partial charge in [0, 0.05) is 5.54 Å². The quantitative estimate of drug-likeness (QED) is 0.840. The van der Waals surface area contributed by atoms with E-state index in [1.165, 1.54) is 0 Å². The van der Waals surface area contributed by atoms with Crippen molar-refractivity contribution in [3.63, 3.8) is 0 Å². The van der Waals surface area contributed by atoms with E-state index in [0.29, 0.717) is 0 Å². The van der Waals surface area contributed by atoms with Gasteiger partial charge >= 0.3 is 5.97 Å². The van der Waals surface area contributed by atoms with Crippen molar-refractivity contribution in [1.82, 2.24) is 5.32 Å². The fourth-order valence-electron chi connectivity index (χ4n) is 1.43. The molecule has 1 rings (SSSR count). The fraction of sp³-hybridized carbons (Fsp3) is 0.357. The highest BCUT2D eigenvalue weighted by molar-refractivity contribution is 5.77. The van der Waals surface area contributed by atoms with Crippen molar-refractivity contribution in [2.45, 2.75) is 32.4 Å². The van der Waals surface area contributed by atoms with Gasteiger partial charge < -0.3 is 5.11 Å². The second-order valence-electron chi connectivity index (χ2n) is 4.98. The van der Waals surface area contributed by atoms with Crippen LogP contribution in [-0.2, 0) is 4.79 Å². The SMILES string of the molecule is CC(C)(C)NC(/C=C/c1ccccc1)C(=O)O. The zero-order valence-corrected chi connectivity index (χ0v) is 10.5. The number of rotatable bonds is 4. The van der Waals surface area contributed by atoms with Crippen LogP contribution in [0.15, 0.2) is 36.4 Å². The standard InChI is InChI=1S/C14H19NO2/c1-14(2,3)15-12(13(16)17)10-9-11-7-5-4-6-8-11/h4-10,12,15H,1-3H3,(H,16,17)/b10-9+. The Labute approximate surface area is 102 Å². The van der Waals surface area contributed by atoms with Gasteiger partial charge in [0.2, 0.25) is 0 Å². The minimum atomic E-state index is -0.868. The normalized spacial score (nSPS) is 13.8. The van der Waals surface area contributed by atoms with Gasteiger partial charge in [0.25, 0.3) is 0 Å². The summed E-state index contributed by atoms with van der Waals surface area (Å²) >= 11 is 0. The second kappa shape index (κ2) is 5.64. The minimum absolute atomic E-state index is 0.232. The van der Waals surface area contributed by atoms with Crippen LogP contribution < -0.4 is 5.32 Å². The Kier molecular flexibility index (Phi) is 4.46. The van der Waals surface area contributed by atoms with Gasteiger partial charge in [0.1, 0.15) is 6.04 Å². The Morgan fingerprint density at radius 1 is 1.29 bits per heavy atom. The van der Waals surface area contributed by atoms with Gasteiger partial charge in [-0.1, -0.05) is 42.5 Å². The maximum atomic E-state index is 11.1. The molecule has 3 heteroatoms. The van der Waals surface area contributed by atoms with Gasteiger partial charge in [-0.25, -0.2) is 0 Å². The van der Waals surface area contributed by atoms with E-state index in [9.17, 15) is 4.79 Å². The molecule has 17 heavy (non-hydrogen) atoms. The Hall–Kier alpha value is -1.61. The van der Waals surface area contributed by atoms with Gasteiger partial charge in [-0.3, -0.25) is 10.1 Å². The first-order valence-corrected chi connectivity index (χ1v) is 5.62. The first-order valence-electron chi connectivity index (χ1n) is 5.62. The third-order valence-electron chi connectivity index (χ3n) is 2.14. The van der Waals surface area contributed by atoms with Crippen LogP contribution in [0, 0.1) is 0 Å². The molecule has 0 amide bonds. The van der Waals surface area contributed by atoms with Crippen LogP contribution in [0.5, 0.6) is 0 Å². The zero-order valence-electron chi connectivity index (χ0n) is 10.5. The van der Waals surface area contributed by atoms with Crippen molar-refractivity contribution in [1.29, 1.82) is 0 Å². The highest BCUT2D eigenvalue weighted by atomic mass is 16.4. The zero-order chi connectivity index (χ0) is 12.9. The molecule has 0 heterocycles. The molecule has 0 bridgehead atoms. The van der Waals surface area contributed by atoms with Crippen molar-refractivity contribution in [2.75, 3.05) is 0 Å². The number of benzene rings is 1. The lowest BCUT2D eigenvalue weighted by Gasteiger charge is -2.24. The van der Waals surface area contributed by atoms with Crippen molar-refractivity contribution in [3.05, 3.63) is 42.0 Å². The van der Waals surface area contributed by atoms with Crippen molar-refractivity contribution >= 4 is 12.0 Å². The molecular formula is C14H19NO2. The summed E-state index contributed by atoms with van der Waals surface area (Å²) in [5.41, 5.74) is 0.763.